The molecule has 0 aliphatic rings. The number of halogens is 2. The van der Waals surface area contributed by atoms with E-state index in [1.165, 1.54) is 4.90 Å². The number of amides is 2. The van der Waals surface area contributed by atoms with Crippen LogP contribution in [0.1, 0.15) is 32.3 Å². The van der Waals surface area contributed by atoms with Gasteiger partial charge in [-0.15, -0.1) is 0 Å². The zero-order valence-corrected chi connectivity index (χ0v) is 18.2. The first-order valence-electron chi connectivity index (χ1n) is 9.62. The van der Waals surface area contributed by atoms with Crippen molar-refractivity contribution in [1.29, 1.82) is 0 Å². The van der Waals surface area contributed by atoms with Gasteiger partial charge < -0.3 is 15.0 Å². The maximum absolute atomic E-state index is 13.0. The van der Waals surface area contributed by atoms with Crippen molar-refractivity contribution in [1.82, 2.24) is 10.2 Å². The Morgan fingerprint density at radius 2 is 1.72 bits per heavy atom. The van der Waals surface area contributed by atoms with Crippen molar-refractivity contribution in [2.75, 3.05) is 13.2 Å². The van der Waals surface area contributed by atoms with E-state index in [4.69, 9.17) is 27.9 Å². The lowest BCUT2D eigenvalue weighted by atomic mass is 10.1. The topological polar surface area (TPSA) is 58.6 Å². The first kappa shape index (κ1) is 23.0. The largest absolute Gasteiger partial charge is 0.484 e. The summed E-state index contributed by atoms with van der Waals surface area (Å²) in [4.78, 5) is 27.0. The minimum absolute atomic E-state index is 0.109. The molecule has 0 fully saturated rings. The van der Waals surface area contributed by atoms with E-state index in [1.54, 1.807) is 37.3 Å². The Kier molecular flexibility index (Phi) is 9.29. The Hall–Kier alpha value is -2.24. The molecule has 156 valence electrons. The fraction of sp³-hybridized carbons (Fsp3) is 0.364. The van der Waals surface area contributed by atoms with Gasteiger partial charge in [0.15, 0.2) is 6.61 Å². The van der Waals surface area contributed by atoms with Gasteiger partial charge in [-0.3, -0.25) is 9.59 Å². The van der Waals surface area contributed by atoms with Crippen LogP contribution in [0.15, 0.2) is 48.5 Å². The maximum atomic E-state index is 13.0. The molecule has 0 aliphatic heterocycles. The van der Waals surface area contributed by atoms with Crippen LogP contribution in [0.5, 0.6) is 5.75 Å². The highest BCUT2D eigenvalue weighted by atomic mass is 35.5. The number of hydrogen-bond donors (Lipinski definition) is 1. The summed E-state index contributed by atoms with van der Waals surface area (Å²) in [7, 11) is 0. The number of nitrogens with zero attached hydrogens (tertiary/aromatic N) is 1. The smallest absolute Gasteiger partial charge is 0.261 e. The minimum Gasteiger partial charge on any atom is -0.484 e. The van der Waals surface area contributed by atoms with Crippen molar-refractivity contribution in [3.05, 3.63) is 64.1 Å². The zero-order chi connectivity index (χ0) is 21.2. The predicted octanol–water partition coefficient (Wildman–Crippen LogP) is 4.71. The summed E-state index contributed by atoms with van der Waals surface area (Å²) in [6.07, 6.45) is 1.84. The number of carbonyl (C=O) groups excluding carboxylic acids is 2. The van der Waals surface area contributed by atoms with Crippen LogP contribution >= 0.6 is 23.2 Å². The van der Waals surface area contributed by atoms with Crippen molar-refractivity contribution < 1.29 is 14.3 Å². The number of hydrogen-bond acceptors (Lipinski definition) is 3. The van der Waals surface area contributed by atoms with Crippen LogP contribution in [-0.2, 0) is 16.1 Å². The van der Waals surface area contributed by atoms with E-state index in [9.17, 15) is 9.59 Å². The van der Waals surface area contributed by atoms with E-state index in [-0.39, 0.29) is 25.0 Å². The Bertz CT molecular complexity index is 795. The van der Waals surface area contributed by atoms with Crippen LogP contribution in [0.2, 0.25) is 10.0 Å². The van der Waals surface area contributed by atoms with Crippen molar-refractivity contribution in [3.63, 3.8) is 0 Å². The number of carbonyl (C=O) groups is 2. The Labute approximate surface area is 181 Å². The molecule has 5 nitrogen and oxygen atoms in total. The van der Waals surface area contributed by atoms with Crippen molar-refractivity contribution in [3.8, 4) is 5.75 Å². The second-order valence-corrected chi connectivity index (χ2v) is 7.46. The first-order valence-corrected chi connectivity index (χ1v) is 10.4. The van der Waals surface area contributed by atoms with Gasteiger partial charge in [0.05, 0.1) is 0 Å². The minimum atomic E-state index is -0.703. The van der Waals surface area contributed by atoms with Crippen molar-refractivity contribution >= 4 is 35.0 Å². The van der Waals surface area contributed by atoms with Gasteiger partial charge in [-0.2, -0.15) is 0 Å². The third-order valence-corrected chi connectivity index (χ3v) is 5.20. The lowest BCUT2D eigenvalue weighted by molar-refractivity contribution is -0.142. The lowest BCUT2D eigenvalue weighted by Crippen LogP contribution is -2.49. The predicted molar refractivity (Wildman–Crippen MR) is 116 cm³/mol. The second-order valence-electron chi connectivity index (χ2n) is 6.64. The molecule has 2 aromatic rings. The highest BCUT2D eigenvalue weighted by Gasteiger charge is 2.27. The molecule has 0 aromatic heterocycles. The molecule has 0 saturated carbocycles. The molecule has 0 heterocycles. The lowest BCUT2D eigenvalue weighted by Gasteiger charge is -2.29. The van der Waals surface area contributed by atoms with Gasteiger partial charge in [0, 0.05) is 28.7 Å². The summed E-state index contributed by atoms with van der Waals surface area (Å²) in [5, 5.41) is 3.75. The van der Waals surface area contributed by atoms with Crippen molar-refractivity contribution in [2.45, 2.75) is 39.3 Å². The number of unbranched alkanes of at least 4 members (excludes halogenated alkanes) is 1. The van der Waals surface area contributed by atoms with Gasteiger partial charge in [-0.1, -0.05) is 60.8 Å². The Balaban J connectivity index is 2.17. The molecule has 0 unspecified atom stereocenters. The van der Waals surface area contributed by atoms with Gasteiger partial charge in [-0.25, -0.2) is 0 Å². The standard InChI is InChI=1S/C22H26Cl2N2O3/c1-3-4-13-25-22(28)16(2)26(14-18-19(23)11-8-12-20(18)24)21(27)15-29-17-9-6-5-7-10-17/h5-12,16H,3-4,13-15H2,1-2H3,(H,25,28)/t16-/m1/s1. The van der Waals surface area contributed by atoms with E-state index >= 15 is 0 Å². The quantitative estimate of drug-likeness (QED) is 0.548. The fourth-order valence-electron chi connectivity index (χ4n) is 2.72. The van der Waals surface area contributed by atoms with Gasteiger partial charge in [0.1, 0.15) is 11.8 Å². The molecular formula is C22H26Cl2N2O3. The maximum Gasteiger partial charge on any atom is 0.261 e. The molecule has 0 bridgehead atoms. The fourth-order valence-corrected chi connectivity index (χ4v) is 3.23. The summed E-state index contributed by atoms with van der Waals surface area (Å²) in [5.74, 6) is 0.0225. The highest BCUT2D eigenvalue weighted by Crippen LogP contribution is 2.26. The molecule has 2 amide bonds. The summed E-state index contributed by atoms with van der Waals surface area (Å²) < 4.78 is 5.59. The van der Waals surface area contributed by atoms with E-state index < -0.39 is 6.04 Å². The Morgan fingerprint density at radius 3 is 2.34 bits per heavy atom. The number of para-hydroxylation sites is 1. The van der Waals surface area contributed by atoms with Gasteiger partial charge in [-0.05, 0) is 37.6 Å². The zero-order valence-electron chi connectivity index (χ0n) is 16.7. The van der Waals surface area contributed by atoms with E-state index in [0.717, 1.165) is 12.8 Å². The molecule has 0 aliphatic carbocycles. The molecule has 29 heavy (non-hydrogen) atoms. The van der Waals surface area contributed by atoms with E-state index in [2.05, 4.69) is 5.32 Å². The van der Waals surface area contributed by atoms with Crippen LogP contribution in [0.4, 0.5) is 0 Å². The average Bonchev–Trinajstić information content (AvgIpc) is 2.72. The number of benzene rings is 2. The van der Waals surface area contributed by atoms with Crippen LogP contribution in [0.25, 0.3) is 0 Å². The van der Waals surface area contributed by atoms with Crippen LogP contribution in [-0.4, -0.2) is 35.9 Å². The van der Waals surface area contributed by atoms with Crippen LogP contribution in [0.3, 0.4) is 0 Å². The SMILES string of the molecule is CCCCNC(=O)[C@@H](C)N(Cc1c(Cl)cccc1Cl)C(=O)COc1ccccc1. The number of rotatable bonds is 10. The molecule has 7 heteroatoms. The van der Waals surface area contributed by atoms with Crippen molar-refractivity contribution in [2.24, 2.45) is 0 Å². The number of ether oxygens (including phenoxy) is 1. The van der Waals surface area contributed by atoms with E-state index in [0.29, 0.717) is 27.9 Å². The average molecular weight is 437 g/mol. The normalized spacial score (nSPS) is 11.6. The molecule has 1 atom stereocenters. The highest BCUT2D eigenvalue weighted by molar-refractivity contribution is 6.36. The molecule has 0 radical (unpaired) electrons. The molecule has 2 aromatic carbocycles. The third kappa shape index (κ3) is 6.94. The van der Waals surface area contributed by atoms with E-state index in [1.807, 2.05) is 25.1 Å². The molecule has 1 N–H and O–H groups in total. The molecule has 0 spiro atoms. The Morgan fingerprint density at radius 1 is 1.07 bits per heavy atom. The molecule has 0 saturated heterocycles. The summed E-state index contributed by atoms with van der Waals surface area (Å²) in [6, 6.07) is 13.5. The second kappa shape index (κ2) is 11.7. The summed E-state index contributed by atoms with van der Waals surface area (Å²) >= 11 is 12.6. The summed E-state index contributed by atoms with van der Waals surface area (Å²) in [5.41, 5.74) is 0.595. The first-order chi connectivity index (χ1) is 13.9. The molecule has 2 rings (SSSR count). The van der Waals surface area contributed by atoms with Gasteiger partial charge in [0.2, 0.25) is 5.91 Å². The van der Waals surface area contributed by atoms with Crippen LogP contribution in [0, 0.1) is 0 Å². The van der Waals surface area contributed by atoms with Gasteiger partial charge >= 0.3 is 0 Å². The number of nitrogens with one attached hydrogen (secondary N) is 1. The summed E-state index contributed by atoms with van der Waals surface area (Å²) in [6.45, 7) is 4.21. The monoisotopic (exact) mass is 436 g/mol. The van der Waals surface area contributed by atoms with Gasteiger partial charge in [0.25, 0.3) is 5.91 Å². The third-order valence-electron chi connectivity index (χ3n) is 4.49. The van der Waals surface area contributed by atoms with Crippen LogP contribution < -0.4 is 10.1 Å². The molecular weight excluding hydrogens is 411 g/mol.